The number of primary amides is 1. The number of carbonyl (C=O) groups excluding carboxylic acids is 1. The van der Waals surface area contributed by atoms with Gasteiger partial charge in [-0.15, -0.1) is 0 Å². The number of rotatable bonds is 2. The molecule has 0 aliphatic heterocycles. The molecule has 0 atom stereocenters. The van der Waals surface area contributed by atoms with Crippen molar-refractivity contribution in [1.82, 2.24) is 0 Å². The van der Waals surface area contributed by atoms with Gasteiger partial charge < -0.3 is 16.6 Å². The van der Waals surface area contributed by atoms with E-state index in [9.17, 15) is 9.90 Å². The highest BCUT2D eigenvalue weighted by Gasteiger charge is 2.09. The molecule has 5 rings (SSSR count). The summed E-state index contributed by atoms with van der Waals surface area (Å²) in [6, 6.07) is 33.2. The molecule has 0 spiro atoms. The predicted molar refractivity (Wildman–Crippen MR) is 128 cm³/mol. The number of carbonyl (C=O) groups is 1. The average Bonchev–Trinajstić information content (AvgIpc) is 2.78. The van der Waals surface area contributed by atoms with Crippen molar-refractivity contribution >= 4 is 33.1 Å². The van der Waals surface area contributed by atoms with Crippen molar-refractivity contribution in [1.29, 1.82) is 0 Å². The van der Waals surface area contributed by atoms with Gasteiger partial charge in [-0.1, -0.05) is 72.8 Å². The second-order valence-corrected chi connectivity index (χ2v) is 7.23. The summed E-state index contributed by atoms with van der Waals surface area (Å²) in [6.45, 7) is 0. The van der Waals surface area contributed by atoms with E-state index in [1.165, 1.54) is 5.56 Å². The fraction of sp³-hybridized carbons (Fsp3) is 0. The molecule has 1 amide bonds. The second-order valence-electron chi connectivity index (χ2n) is 7.23. The molecule has 0 bridgehead atoms. The van der Waals surface area contributed by atoms with Gasteiger partial charge in [0.1, 0.15) is 5.75 Å². The Morgan fingerprint density at radius 1 is 0.645 bits per heavy atom. The van der Waals surface area contributed by atoms with Gasteiger partial charge in [-0.25, -0.2) is 0 Å². The summed E-state index contributed by atoms with van der Waals surface area (Å²) >= 11 is 0. The molecule has 0 heterocycles. The molecule has 4 heteroatoms. The highest BCUT2D eigenvalue weighted by Crippen LogP contribution is 2.28. The highest BCUT2D eigenvalue weighted by molar-refractivity contribution is 6.04. The number of para-hydroxylation sites is 1. The third-order valence-electron chi connectivity index (χ3n) is 5.13. The zero-order valence-corrected chi connectivity index (χ0v) is 16.8. The number of hydrogen-bond acceptors (Lipinski definition) is 3. The van der Waals surface area contributed by atoms with Crippen molar-refractivity contribution in [2.24, 2.45) is 5.73 Å². The standard InChI is InChI=1S/C15H11NO2.C12H11N/c16-15(18)13-7-11-5-9-3-1-2-4-10(9)6-12(11)8-14(13)17;13-12-9-5-4-8-11(12)10-6-2-1-3-7-10/h1-8,17H,(H2,16,18);1-9H,13H2. The quantitative estimate of drug-likeness (QED) is 0.258. The Bertz CT molecular complexity index is 1380. The van der Waals surface area contributed by atoms with Crippen LogP contribution in [0, 0.1) is 0 Å². The van der Waals surface area contributed by atoms with Crippen LogP contribution in [0.2, 0.25) is 0 Å². The fourth-order valence-electron chi connectivity index (χ4n) is 3.55. The first kappa shape index (κ1) is 20.0. The van der Waals surface area contributed by atoms with Crippen LogP contribution in [0.5, 0.6) is 5.75 Å². The molecule has 0 radical (unpaired) electrons. The highest BCUT2D eigenvalue weighted by atomic mass is 16.3. The zero-order valence-electron chi connectivity index (χ0n) is 16.8. The minimum atomic E-state index is -0.623. The fourth-order valence-corrected chi connectivity index (χ4v) is 3.55. The molecule has 5 N–H and O–H groups in total. The minimum absolute atomic E-state index is 0.0784. The van der Waals surface area contributed by atoms with Crippen LogP contribution in [-0.4, -0.2) is 11.0 Å². The van der Waals surface area contributed by atoms with Crippen molar-refractivity contribution in [3.05, 3.63) is 109 Å². The predicted octanol–water partition coefficient (Wildman–Crippen LogP) is 5.73. The molecule has 0 unspecified atom stereocenters. The van der Waals surface area contributed by atoms with Gasteiger partial charge >= 0.3 is 0 Å². The first-order chi connectivity index (χ1) is 15.0. The van der Waals surface area contributed by atoms with Gasteiger partial charge in [-0.3, -0.25) is 4.79 Å². The summed E-state index contributed by atoms with van der Waals surface area (Å²) in [5, 5.41) is 13.7. The monoisotopic (exact) mass is 406 g/mol. The van der Waals surface area contributed by atoms with E-state index in [0.29, 0.717) is 0 Å². The van der Waals surface area contributed by atoms with E-state index < -0.39 is 5.91 Å². The maximum atomic E-state index is 11.2. The molecule has 152 valence electrons. The lowest BCUT2D eigenvalue weighted by atomic mass is 10.0. The van der Waals surface area contributed by atoms with Crippen LogP contribution in [0.1, 0.15) is 10.4 Å². The molecule has 0 aromatic heterocycles. The second kappa shape index (κ2) is 8.59. The number of hydrogen-bond donors (Lipinski definition) is 3. The summed E-state index contributed by atoms with van der Waals surface area (Å²) in [5.41, 5.74) is 14.3. The number of anilines is 1. The third-order valence-corrected chi connectivity index (χ3v) is 5.13. The Morgan fingerprint density at radius 2 is 1.19 bits per heavy atom. The Balaban J connectivity index is 0.000000158. The molecule has 0 aliphatic rings. The van der Waals surface area contributed by atoms with E-state index in [1.54, 1.807) is 12.1 Å². The van der Waals surface area contributed by atoms with Crippen molar-refractivity contribution in [2.75, 3.05) is 5.73 Å². The first-order valence-corrected chi connectivity index (χ1v) is 9.88. The number of phenols is 1. The lowest BCUT2D eigenvalue weighted by Gasteiger charge is -2.06. The molecule has 5 aromatic carbocycles. The van der Waals surface area contributed by atoms with Crippen LogP contribution in [0.3, 0.4) is 0 Å². The third kappa shape index (κ3) is 4.33. The summed E-state index contributed by atoms with van der Waals surface area (Å²) in [7, 11) is 0. The zero-order chi connectivity index (χ0) is 21.8. The van der Waals surface area contributed by atoms with Crippen LogP contribution in [0.25, 0.3) is 32.7 Å². The maximum absolute atomic E-state index is 11.2. The number of nitrogens with two attached hydrogens (primary N) is 2. The summed E-state index contributed by atoms with van der Waals surface area (Å²) in [4.78, 5) is 11.2. The van der Waals surface area contributed by atoms with E-state index in [-0.39, 0.29) is 11.3 Å². The van der Waals surface area contributed by atoms with Crippen molar-refractivity contribution < 1.29 is 9.90 Å². The lowest BCUT2D eigenvalue weighted by Crippen LogP contribution is -2.10. The average molecular weight is 406 g/mol. The number of benzene rings is 5. The molecule has 0 saturated heterocycles. The van der Waals surface area contributed by atoms with Gasteiger partial charge in [0, 0.05) is 11.3 Å². The topological polar surface area (TPSA) is 89.3 Å². The van der Waals surface area contributed by atoms with Gasteiger partial charge in [-0.2, -0.15) is 0 Å². The molecular weight excluding hydrogens is 384 g/mol. The SMILES string of the molecule is NC(=O)c1cc2cc3ccccc3cc2cc1O.Nc1ccccc1-c1ccccc1. The number of nitrogen functional groups attached to an aromatic ring is 1. The Kier molecular flexibility index (Phi) is 5.54. The molecule has 4 nitrogen and oxygen atoms in total. The number of fused-ring (bicyclic) bond motifs is 2. The first-order valence-electron chi connectivity index (χ1n) is 9.88. The van der Waals surface area contributed by atoms with E-state index >= 15 is 0 Å². The minimum Gasteiger partial charge on any atom is -0.507 e. The van der Waals surface area contributed by atoms with E-state index in [2.05, 4.69) is 12.1 Å². The smallest absolute Gasteiger partial charge is 0.252 e. The van der Waals surface area contributed by atoms with E-state index in [0.717, 1.165) is 32.8 Å². The summed E-state index contributed by atoms with van der Waals surface area (Å²) < 4.78 is 0. The Morgan fingerprint density at radius 3 is 1.81 bits per heavy atom. The van der Waals surface area contributed by atoms with Crippen LogP contribution in [0.15, 0.2) is 103 Å². The van der Waals surface area contributed by atoms with Crippen LogP contribution < -0.4 is 11.5 Å². The molecule has 0 saturated carbocycles. The van der Waals surface area contributed by atoms with Crippen LogP contribution in [-0.2, 0) is 0 Å². The van der Waals surface area contributed by atoms with Crippen molar-refractivity contribution in [3.63, 3.8) is 0 Å². The van der Waals surface area contributed by atoms with Gasteiger partial charge in [-0.05, 0) is 57.4 Å². The van der Waals surface area contributed by atoms with Gasteiger partial charge in [0.15, 0.2) is 0 Å². The summed E-state index contributed by atoms with van der Waals surface area (Å²) in [5.74, 6) is -0.701. The molecular formula is C27H22N2O2. The molecule has 5 aromatic rings. The normalized spacial score (nSPS) is 10.5. The molecule has 31 heavy (non-hydrogen) atoms. The maximum Gasteiger partial charge on any atom is 0.252 e. The Labute approximate surface area is 180 Å². The Hall–Kier alpha value is -4.31. The van der Waals surface area contributed by atoms with E-state index in [1.807, 2.05) is 78.9 Å². The molecule has 0 aliphatic carbocycles. The number of amides is 1. The largest absolute Gasteiger partial charge is 0.507 e. The lowest BCUT2D eigenvalue weighted by molar-refractivity contribution is 0.0998. The van der Waals surface area contributed by atoms with Crippen molar-refractivity contribution in [2.45, 2.75) is 0 Å². The van der Waals surface area contributed by atoms with Crippen LogP contribution >= 0.6 is 0 Å². The van der Waals surface area contributed by atoms with Crippen molar-refractivity contribution in [3.8, 4) is 16.9 Å². The van der Waals surface area contributed by atoms with Crippen LogP contribution in [0.4, 0.5) is 5.69 Å². The van der Waals surface area contributed by atoms with Gasteiger partial charge in [0.2, 0.25) is 0 Å². The summed E-state index contributed by atoms with van der Waals surface area (Å²) in [6.07, 6.45) is 0. The molecule has 0 fully saturated rings. The van der Waals surface area contributed by atoms with Gasteiger partial charge in [0.25, 0.3) is 5.91 Å². The number of aromatic hydroxyl groups is 1. The van der Waals surface area contributed by atoms with Gasteiger partial charge in [0.05, 0.1) is 5.56 Å². The van der Waals surface area contributed by atoms with E-state index in [4.69, 9.17) is 11.5 Å².